The molecule has 0 radical (unpaired) electrons. The summed E-state index contributed by atoms with van der Waals surface area (Å²) in [6.07, 6.45) is 0. The van der Waals surface area contributed by atoms with Crippen LogP contribution < -0.4 is 19.5 Å². The van der Waals surface area contributed by atoms with Gasteiger partial charge in [-0.1, -0.05) is 72.3 Å². The summed E-state index contributed by atoms with van der Waals surface area (Å²) in [6.45, 7) is 1.74. The lowest BCUT2D eigenvalue weighted by atomic mass is 10.0. The first-order chi connectivity index (χ1) is 15.7. The number of halogens is 1. The number of hydrogen-bond acceptors (Lipinski definition) is 4. The fraction of sp³-hybridized carbons (Fsp3) is 0.185. The molecule has 0 aromatic heterocycles. The topological polar surface area (TPSA) is 39.7 Å². The zero-order chi connectivity index (χ0) is 22.3. The zero-order valence-corrected chi connectivity index (χ0v) is 19.0. The van der Waals surface area contributed by atoms with Gasteiger partial charge in [0.25, 0.3) is 0 Å². The predicted molar refractivity (Wildman–Crippen MR) is 130 cm³/mol. The van der Waals surface area contributed by atoms with Crippen LogP contribution in [0.15, 0.2) is 78.9 Å². The van der Waals surface area contributed by atoms with Crippen LogP contribution in [0.3, 0.4) is 0 Å². The summed E-state index contributed by atoms with van der Waals surface area (Å²) in [5.74, 6) is 2.15. The van der Waals surface area contributed by atoms with E-state index in [0.29, 0.717) is 36.2 Å². The molecule has 0 aliphatic carbocycles. The summed E-state index contributed by atoms with van der Waals surface area (Å²) in [7, 11) is 3.22. The van der Waals surface area contributed by atoms with Crippen LogP contribution in [0.5, 0.6) is 17.2 Å². The van der Waals surface area contributed by atoms with E-state index in [0.717, 1.165) is 22.4 Å². The Morgan fingerprint density at radius 1 is 0.750 bits per heavy atom. The average molecular weight is 448 g/mol. The molecule has 1 N–H and O–H groups in total. The van der Waals surface area contributed by atoms with E-state index in [4.69, 9.17) is 25.8 Å². The third-order valence-corrected chi connectivity index (χ3v) is 5.76. The van der Waals surface area contributed by atoms with E-state index in [-0.39, 0.29) is 0 Å². The summed E-state index contributed by atoms with van der Waals surface area (Å²) in [4.78, 5) is 0. The molecule has 0 saturated carbocycles. The predicted octanol–water partition coefficient (Wildman–Crippen LogP) is 6.38. The van der Waals surface area contributed by atoms with E-state index in [1.807, 2.05) is 36.4 Å². The SMILES string of the molecule is COc1cc(Cl)c(CNCc2c(OCc3ccccc3)ccc3ccccc23)cc1OC. The first-order valence-corrected chi connectivity index (χ1v) is 10.9. The van der Waals surface area contributed by atoms with Crippen molar-refractivity contribution in [3.63, 3.8) is 0 Å². The van der Waals surface area contributed by atoms with Gasteiger partial charge in [-0.2, -0.15) is 0 Å². The fourth-order valence-electron chi connectivity index (χ4n) is 3.72. The van der Waals surface area contributed by atoms with Crippen LogP contribution in [-0.4, -0.2) is 14.2 Å². The number of fused-ring (bicyclic) bond motifs is 1. The minimum Gasteiger partial charge on any atom is -0.493 e. The number of ether oxygens (including phenoxy) is 3. The highest BCUT2D eigenvalue weighted by Gasteiger charge is 2.12. The number of nitrogens with one attached hydrogen (secondary N) is 1. The Bertz CT molecular complexity index is 1190. The molecule has 4 aromatic rings. The molecule has 4 rings (SSSR count). The molecular weight excluding hydrogens is 422 g/mol. The van der Waals surface area contributed by atoms with Gasteiger partial charge in [-0.3, -0.25) is 0 Å². The molecule has 0 spiro atoms. The van der Waals surface area contributed by atoms with Gasteiger partial charge >= 0.3 is 0 Å². The Labute approximate surface area is 193 Å². The molecule has 0 bridgehead atoms. The Hall–Kier alpha value is -3.21. The Kier molecular flexibility index (Phi) is 7.15. The van der Waals surface area contributed by atoms with Crippen molar-refractivity contribution in [1.82, 2.24) is 5.32 Å². The fourth-order valence-corrected chi connectivity index (χ4v) is 3.94. The highest BCUT2D eigenvalue weighted by Crippen LogP contribution is 2.33. The first-order valence-electron chi connectivity index (χ1n) is 10.5. The molecule has 164 valence electrons. The number of hydrogen-bond donors (Lipinski definition) is 1. The molecule has 0 amide bonds. The van der Waals surface area contributed by atoms with Crippen LogP contribution >= 0.6 is 11.6 Å². The quantitative estimate of drug-likeness (QED) is 0.323. The largest absolute Gasteiger partial charge is 0.493 e. The van der Waals surface area contributed by atoms with E-state index in [9.17, 15) is 0 Å². The van der Waals surface area contributed by atoms with Crippen molar-refractivity contribution in [2.24, 2.45) is 0 Å². The van der Waals surface area contributed by atoms with E-state index in [2.05, 4.69) is 41.7 Å². The first kappa shape index (κ1) is 22.0. The lowest BCUT2D eigenvalue weighted by molar-refractivity contribution is 0.302. The van der Waals surface area contributed by atoms with Crippen LogP contribution in [-0.2, 0) is 19.7 Å². The van der Waals surface area contributed by atoms with Gasteiger partial charge in [0, 0.05) is 29.7 Å². The van der Waals surface area contributed by atoms with Gasteiger partial charge in [-0.15, -0.1) is 0 Å². The van der Waals surface area contributed by atoms with E-state index < -0.39 is 0 Å². The van der Waals surface area contributed by atoms with Crippen molar-refractivity contribution in [3.05, 3.63) is 101 Å². The van der Waals surface area contributed by atoms with E-state index in [1.54, 1.807) is 20.3 Å². The van der Waals surface area contributed by atoms with Gasteiger partial charge < -0.3 is 19.5 Å². The zero-order valence-electron chi connectivity index (χ0n) is 18.2. The van der Waals surface area contributed by atoms with Crippen molar-refractivity contribution in [1.29, 1.82) is 0 Å². The van der Waals surface area contributed by atoms with Crippen molar-refractivity contribution in [2.45, 2.75) is 19.7 Å². The van der Waals surface area contributed by atoms with E-state index in [1.165, 1.54) is 10.8 Å². The second-order valence-corrected chi connectivity index (χ2v) is 7.85. The number of rotatable bonds is 9. The molecule has 4 nitrogen and oxygen atoms in total. The molecule has 0 aliphatic heterocycles. The maximum Gasteiger partial charge on any atom is 0.162 e. The monoisotopic (exact) mass is 447 g/mol. The summed E-state index contributed by atoms with van der Waals surface area (Å²) < 4.78 is 17.0. The van der Waals surface area contributed by atoms with Gasteiger partial charge in [-0.25, -0.2) is 0 Å². The lowest BCUT2D eigenvalue weighted by Gasteiger charge is -2.16. The second-order valence-electron chi connectivity index (χ2n) is 7.44. The van der Waals surface area contributed by atoms with Gasteiger partial charge in [0.15, 0.2) is 11.5 Å². The lowest BCUT2D eigenvalue weighted by Crippen LogP contribution is -2.14. The summed E-state index contributed by atoms with van der Waals surface area (Å²) >= 11 is 6.46. The maximum atomic E-state index is 6.46. The minimum atomic E-state index is 0.522. The molecule has 0 unspecified atom stereocenters. The van der Waals surface area contributed by atoms with Crippen molar-refractivity contribution >= 4 is 22.4 Å². The highest BCUT2D eigenvalue weighted by atomic mass is 35.5. The Morgan fingerprint density at radius 2 is 1.47 bits per heavy atom. The van der Waals surface area contributed by atoms with Crippen molar-refractivity contribution in [2.75, 3.05) is 14.2 Å². The van der Waals surface area contributed by atoms with Gasteiger partial charge in [0.2, 0.25) is 0 Å². The minimum absolute atomic E-state index is 0.522. The van der Waals surface area contributed by atoms with Crippen LogP contribution in [0, 0.1) is 0 Å². The van der Waals surface area contributed by atoms with Crippen LogP contribution in [0.25, 0.3) is 10.8 Å². The number of benzene rings is 4. The standard InChI is InChI=1S/C27H26ClNO3/c1-30-26-14-21(24(28)15-27(26)31-2)16-29-17-23-22-11-7-6-10-20(22)12-13-25(23)32-18-19-8-4-3-5-9-19/h3-15,29H,16-18H2,1-2H3. The van der Waals surface area contributed by atoms with Crippen molar-refractivity contribution < 1.29 is 14.2 Å². The number of methoxy groups -OCH3 is 2. The maximum absolute atomic E-state index is 6.46. The molecule has 0 saturated heterocycles. The molecule has 4 aromatic carbocycles. The normalized spacial score (nSPS) is 10.8. The Balaban J connectivity index is 1.55. The molecular formula is C27H26ClNO3. The summed E-state index contributed by atoms with van der Waals surface area (Å²) in [5.41, 5.74) is 3.20. The molecule has 32 heavy (non-hydrogen) atoms. The summed E-state index contributed by atoms with van der Waals surface area (Å²) in [5, 5.41) is 6.50. The third-order valence-electron chi connectivity index (χ3n) is 5.40. The molecule has 0 heterocycles. The second kappa shape index (κ2) is 10.4. The van der Waals surface area contributed by atoms with Gasteiger partial charge in [0.1, 0.15) is 12.4 Å². The van der Waals surface area contributed by atoms with Crippen LogP contribution in [0.1, 0.15) is 16.7 Å². The third kappa shape index (κ3) is 4.98. The highest BCUT2D eigenvalue weighted by molar-refractivity contribution is 6.31. The Morgan fingerprint density at radius 3 is 2.25 bits per heavy atom. The van der Waals surface area contributed by atoms with Gasteiger partial charge in [0.05, 0.1) is 14.2 Å². The molecule has 0 fully saturated rings. The van der Waals surface area contributed by atoms with Crippen LogP contribution in [0.2, 0.25) is 5.02 Å². The smallest absolute Gasteiger partial charge is 0.162 e. The van der Waals surface area contributed by atoms with Crippen LogP contribution in [0.4, 0.5) is 0 Å². The molecule has 5 heteroatoms. The molecule has 0 atom stereocenters. The average Bonchev–Trinajstić information content (AvgIpc) is 2.84. The van der Waals surface area contributed by atoms with E-state index >= 15 is 0 Å². The van der Waals surface area contributed by atoms with Gasteiger partial charge in [-0.05, 0) is 34.0 Å². The van der Waals surface area contributed by atoms with Crippen molar-refractivity contribution in [3.8, 4) is 17.2 Å². The summed E-state index contributed by atoms with van der Waals surface area (Å²) in [6, 6.07) is 26.4. The molecule has 0 aliphatic rings.